The van der Waals surface area contributed by atoms with Gasteiger partial charge in [-0.25, -0.2) is 0 Å². The van der Waals surface area contributed by atoms with Gasteiger partial charge in [-0.2, -0.15) is 0 Å². The lowest BCUT2D eigenvalue weighted by Gasteiger charge is -2.24. The lowest BCUT2D eigenvalue weighted by molar-refractivity contribution is 0.0871. The third-order valence-corrected chi connectivity index (χ3v) is 3.19. The highest BCUT2D eigenvalue weighted by Crippen LogP contribution is 2.31. The Morgan fingerprint density at radius 3 is 2.44 bits per heavy atom. The summed E-state index contributed by atoms with van der Waals surface area (Å²) in [6, 6.07) is 4.32. The van der Waals surface area contributed by atoms with E-state index in [1.54, 1.807) is 12.1 Å². The van der Waals surface area contributed by atoms with Crippen molar-refractivity contribution in [2.24, 2.45) is 11.7 Å². The Balaban J connectivity index is 0.00000289. The Bertz CT molecular complexity index is 373. The molecule has 0 aromatic heterocycles. The zero-order valence-electron chi connectivity index (χ0n) is 11.0. The number of nitrogens with two attached hydrogens (primary N) is 1. The van der Waals surface area contributed by atoms with Crippen LogP contribution in [-0.4, -0.2) is 23.4 Å². The molecule has 104 valence electrons. The van der Waals surface area contributed by atoms with E-state index in [1.165, 1.54) is 13.2 Å². The average Bonchev–Trinajstić information content (AvgIpc) is 2.35. The number of rotatable bonds is 5. The van der Waals surface area contributed by atoms with Gasteiger partial charge < -0.3 is 20.7 Å². The number of benzene rings is 1. The molecule has 1 rings (SSSR count). The minimum atomic E-state index is -0.667. The van der Waals surface area contributed by atoms with E-state index in [0.717, 1.165) is 6.42 Å². The molecule has 3 atom stereocenters. The summed E-state index contributed by atoms with van der Waals surface area (Å²) in [5.74, 6) is 0.710. The summed E-state index contributed by atoms with van der Waals surface area (Å²) in [5.41, 5.74) is 6.50. The Kier molecular flexibility index (Phi) is 7.06. The normalized spacial score (nSPS) is 15.4. The van der Waals surface area contributed by atoms with Crippen molar-refractivity contribution in [2.45, 2.75) is 32.4 Å². The van der Waals surface area contributed by atoms with Crippen molar-refractivity contribution in [1.29, 1.82) is 0 Å². The maximum atomic E-state index is 10.0. The van der Waals surface area contributed by atoms with E-state index in [9.17, 15) is 10.2 Å². The summed E-state index contributed by atoms with van der Waals surface area (Å²) in [6.45, 7) is 3.93. The largest absolute Gasteiger partial charge is 0.507 e. The number of hydrogen-bond donors (Lipinski definition) is 3. The summed E-state index contributed by atoms with van der Waals surface area (Å²) < 4.78 is 5.00. The molecule has 0 saturated heterocycles. The van der Waals surface area contributed by atoms with Crippen molar-refractivity contribution >= 4 is 12.4 Å². The van der Waals surface area contributed by atoms with Gasteiger partial charge in [0.15, 0.2) is 0 Å². The second-order valence-corrected chi connectivity index (χ2v) is 4.33. The Morgan fingerprint density at radius 2 is 2.00 bits per heavy atom. The predicted molar refractivity (Wildman–Crippen MR) is 74.3 cm³/mol. The highest BCUT2D eigenvalue weighted by Gasteiger charge is 2.24. The predicted octanol–water partition coefficient (Wildman–Crippen LogP) is 2.23. The SMILES string of the molecule is CCC(C)[C@H](O)[C@H](N)c1ccc(OC)cc1O.Cl. The van der Waals surface area contributed by atoms with Crippen LogP contribution in [0.3, 0.4) is 0 Å². The molecule has 0 heterocycles. The van der Waals surface area contributed by atoms with Crippen molar-refractivity contribution in [3.05, 3.63) is 23.8 Å². The van der Waals surface area contributed by atoms with Gasteiger partial charge in [-0.15, -0.1) is 12.4 Å². The van der Waals surface area contributed by atoms with Crippen LogP contribution in [-0.2, 0) is 0 Å². The van der Waals surface area contributed by atoms with Crippen LogP contribution in [0.5, 0.6) is 11.5 Å². The Hall–Kier alpha value is -0.970. The van der Waals surface area contributed by atoms with E-state index in [1.807, 2.05) is 13.8 Å². The number of phenolic OH excluding ortho intramolecular Hbond substituents is 1. The van der Waals surface area contributed by atoms with Crippen molar-refractivity contribution in [3.8, 4) is 11.5 Å². The number of phenols is 1. The number of aliphatic hydroxyl groups excluding tert-OH is 1. The summed E-state index contributed by atoms with van der Waals surface area (Å²) in [5, 5.41) is 19.8. The Morgan fingerprint density at radius 1 is 1.39 bits per heavy atom. The molecule has 0 radical (unpaired) electrons. The standard InChI is InChI=1S/C13H21NO3.ClH/c1-4-8(2)13(16)12(14)10-6-5-9(17-3)7-11(10)15;/h5-8,12-13,15-16H,4,14H2,1-3H3;1H/t8?,12-,13+;/m1./s1. The molecule has 4 N–H and O–H groups in total. The van der Waals surface area contributed by atoms with Gasteiger partial charge in [0.25, 0.3) is 0 Å². The van der Waals surface area contributed by atoms with Crippen LogP contribution in [0.25, 0.3) is 0 Å². The summed E-state index contributed by atoms with van der Waals surface area (Å²) in [4.78, 5) is 0. The molecule has 0 aliphatic rings. The second kappa shape index (κ2) is 7.46. The fourth-order valence-corrected chi connectivity index (χ4v) is 1.71. The van der Waals surface area contributed by atoms with Crippen LogP contribution in [0.15, 0.2) is 18.2 Å². The van der Waals surface area contributed by atoms with Gasteiger partial charge in [0.2, 0.25) is 0 Å². The first-order chi connectivity index (χ1) is 8.01. The van der Waals surface area contributed by atoms with E-state index in [-0.39, 0.29) is 24.1 Å². The average molecular weight is 276 g/mol. The summed E-state index contributed by atoms with van der Waals surface area (Å²) >= 11 is 0. The van der Waals surface area contributed by atoms with Crippen LogP contribution in [0.4, 0.5) is 0 Å². The molecule has 0 aliphatic heterocycles. The van der Waals surface area contributed by atoms with Gasteiger partial charge in [0.05, 0.1) is 19.3 Å². The van der Waals surface area contributed by atoms with Gasteiger partial charge in [0, 0.05) is 11.6 Å². The van der Waals surface area contributed by atoms with Crippen LogP contribution < -0.4 is 10.5 Å². The van der Waals surface area contributed by atoms with Gasteiger partial charge in [-0.1, -0.05) is 20.3 Å². The number of aromatic hydroxyl groups is 1. The first kappa shape index (κ1) is 17.0. The van der Waals surface area contributed by atoms with Crippen molar-refractivity contribution in [1.82, 2.24) is 0 Å². The molecule has 0 fully saturated rings. The molecule has 0 amide bonds. The first-order valence-electron chi connectivity index (χ1n) is 5.81. The molecule has 5 heteroatoms. The molecule has 1 aromatic rings. The van der Waals surface area contributed by atoms with E-state index in [0.29, 0.717) is 11.3 Å². The quantitative estimate of drug-likeness (QED) is 0.770. The van der Waals surface area contributed by atoms with Crippen molar-refractivity contribution in [3.63, 3.8) is 0 Å². The Labute approximate surface area is 114 Å². The number of methoxy groups -OCH3 is 1. The monoisotopic (exact) mass is 275 g/mol. The smallest absolute Gasteiger partial charge is 0.124 e. The van der Waals surface area contributed by atoms with Crippen LogP contribution >= 0.6 is 12.4 Å². The van der Waals surface area contributed by atoms with Crippen molar-refractivity contribution in [2.75, 3.05) is 7.11 Å². The molecule has 1 unspecified atom stereocenters. The van der Waals surface area contributed by atoms with Gasteiger partial charge >= 0.3 is 0 Å². The van der Waals surface area contributed by atoms with Crippen LogP contribution in [0.2, 0.25) is 0 Å². The highest BCUT2D eigenvalue weighted by molar-refractivity contribution is 5.85. The number of aliphatic hydroxyl groups is 1. The van der Waals surface area contributed by atoms with Gasteiger partial charge in [-0.3, -0.25) is 0 Å². The maximum absolute atomic E-state index is 10.0. The maximum Gasteiger partial charge on any atom is 0.124 e. The van der Waals surface area contributed by atoms with E-state index >= 15 is 0 Å². The number of ether oxygens (including phenoxy) is 1. The van der Waals surface area contributed by atoms with Crippen molar-refractivity contribution < 1.29 is 14.9 Å². The van der Waals surface area contributed by atoms with Crippen LogP contribution in [0, 0.1) is 5.92 Å². The summed E-state index contributed by atoms with van der Waals surface area (Å²) in [7, 11) is 1.53. The van der Waals surface area contributed by atoms with Gasteiger partial charge in [-0.05, 0) is 18.1 Å². The summed E-state index contributed by atoms with van der Waals surface area (Å²) in [6.07, 6.45) is 0.172. The van der Waals surface area contributed by atoms with E-state index in [4.69, 9.17) is 10.5 Å². The molecular weight excluding hydrogens is 254 g/mol. The third-order valence-electron chi connectivity index (χ3n) is 3.19. The molecular formula is C13H22ClNO3. The molecule has 0 saturated carbocycles. The van der Waals surface area contributed by atoms with E-state index < -0.39 is 12.1 Å². The molecule has 4 nitrogen and oxygen atoms in total. The fourth-order valence-electron chi connectivity index (χ4n) is 1.71. The highest BCUT2D eigenvalue weighted by atomic mass is 35.5. The zero-order valence-corrected chi connectivity index (χ0v) is 11.8. The van der Waals surface area contributed by atoms with Crippen LogP contribution in [0.1, 0.15) is 31.9 Å². The molecule has 18 heavy (non-hydrogen) atoms. The molecule has 0 spiro atoms. The molecule has 0 aliphatic carbocycles. The minimum absolute atomic E-state index is 0. The molecule has 1 aromatic carbocycles. The third kappa shape index (κ3) is 3.77. The fraction of sp³-hybridized carbons (Fsp3) is 0.538. The van der Waals surface area contributed by atoms with Gasteiger partial charge in [0.1, 0.15) is 11.5 Å². The zero-order chi connectivity index (χ0) is 13.0. The number of hydrogen-bond acceptors (Lipinski definition) is 4. The molecule has 0 bridgehead atoms. The lowest BCUT2D eigenvalue weighted by Crippen LogP contribution is -2.31. The number of halogens is 1. The topological polar surface area (TPSA) is 75.7 Å². The first-order valence-corrected chi connectivity index (χ1v) is 5.81. The second-order valence-electron chi connectivity index (χ2n) is 4.33. The lowest BCUT2D eigenvalue weighted by atomic mass is 9.91. The van der Waals surface area contributed by atoms with E-state index in [2.05, 4.69) is 0 Å². The minimum Gasteiger partial charge on any atom is -0.507 e.